The average Bonchev–Trinajstić information content (AvgIpc) is 2.71. The molecule has 0 unspecified atom stereocenters. The van der Waals surface area contributed by atoms with Crippen LogP contribution in [0.4, 0.5) is 0 Å². The monoisotopic (exact) mass is 363 g/mol. The molecule has 6 nitrogen and oxygen atoms in total. The molecule has 0 aliphatic carbocycles. The minimum atomic E-state index is 0.287. The molecule has 0 fully saturated rings. The fourth-order valence-electron chi connectivity index (χ4n) is 2.48. The summed E-state index contributed by atoms with van der Waals surface area (Å²) < 4.78 is 11.1. The van der Waals surface area contributed by atoms with Gasteiger partial charge in [0.2, 0.25) is 5.88 Å². The van der Waals surface area contributed by atoms with Crippen molar-refractivity contribution >= 4 is 5.84 Å². The first-order valence-electron chi connectivity index (χ1n) is 8.48. The minimum Gasteiger partial charge on any atom is -0.497 e. The van der Waals surface area contributed by atoms with E-state index in [1.54, 1.807) is 31.4 Å². The first-order valence-corrected chi connectivity index (χ1v) is 8.48. The Kier molecular flexibility index (Phi) is 6.02. The molecule has 0 aliphatic rings. The number of hydrogen-bond donors (Lipinski definition) is 2. The zero-order chi connectivity index (χ0) is 19.1. The van der Waals surface area contributed by atoms with Gasteiger partial charge in [0, 0.05) is 5.69 Å². The zero-order valence-corrected chi connectivity index (χ0v) is 15.2. The molecule has 3 aromatic rings. The van der Waals surface area contributed by atoms with E-state index in [1.807, 2.05) is 49.4 Å². The topological polar surface area (TPSA) is 76.0 Å². The van der Waals surface area contributed by atoms with Gasteiger partial charge >= 0.3 is 0 Å². The Balaban J connectivity index is 1.89. The average molecular weight is 363 g/mol. The van der Waals surface area contributed by atoms with Gasteiger partial charge in [-0.1, -0.05) is 30.3 Å². The van der Waals surface area contributed by atoms with Crippen molar-refractivity contribution in [1.29, 1.82) is 0 Å². The van der Waals surface area contributed by atoms with Crippen LogP contribution in [0.5, 0.6) is 17.4 Å². The first kappa shape index (κ1) is 18.4. The maximum Gasteiger partial charge on any atom is 0.230 e. The van der Waals surface area contributed by atoms with Gasteiger partial charge in [-0.2, -0.15) is 0 Å². The number of methoxy groups -OCH3 is 1. The van der Waals surface area contributed by atoms with E-state index in [-0.39, 0.29) is 5.84 Å². The smallest absolute Gasteiger partial charge is 0.230 e. The molecular formula is C21H21N3O3. The van der Waals surface area contributed by atoms with Crippen LogP contribution in [0, 0.1) is 6.92 Å². The third-order valence-electron chi connectivity index (χ3n) is 3.90. The molecule has 0 saturated carbocycles. The second-order valence-corrected chi connectivity index (χ2v) is 5.85. The molecule has 138 valence electrons. The number of nitrogens with zero attached hydrogens (tertiary/aromatic N) is 2. The van der Waals surface area contributed by atoms with Crippen LogP contribution in [0.2, 0.25) is 0 Å². The molecule has 1 heterocycles. The summed E-state index contributed by atoms with van der Waals surface area (Å²) in [4.78, 5) is 8.91. The molecule has 1 aromatic heterocycles. The van der Waals surface area contributed by atoms with Gasteiger partial charge < -0.3 is 9.47 Å². The Hall–Kier alpha value is -3.38. The fourth-order valence-corrected chi connectivity index (χ4v) is 2.48. The third-order valence-corrected chi connectivity index (χ3v) is 3.90. The van der Waals surface area contributed by atoms with Gasteiger partial charge in [-0.3, -0.25) is 15.7 Å². The number of rotatable bonds is 6. The Morgan fingerprint density at radius 3 is 2.37 bits per heavy atom. The zero-order valence-electron chi connectivity index (χ0n) is 15.2. The number of aliphatic imine (C=N–C) groups is 1. The molecule has 0 amide bonds. The van der Waals surface area contributed by atoms with Gasteiger partial charge in [-0.25, -0.2) is 4.98 Å². The molecule has 27 heavy (non-hydrogen) atoms. The second kappa shape index (κ2) is 8.82. The standard InChI is InChI=1S/C21H21N3O3/c1-15-8-13-19(20(24-25)22-14-16-6-4-3-5-7-16)21(23-15)27-18-11-9-17(26-2)10-12-18/h3-13,25H,14H2,1-2H3,(H,22,24). The number of pyridine rings is 1. The van der Waals surface area contributed by atoms with Crippen LogP contribution in [0.3, 0.4) is 0 Å². The van der Waals surface area contributed by atoms with E-state index in [0.29, 0.717) is 23.7 Å². The molecule has 0 bridgehead atoms. The van der Waals surface area contributed by atoms with Gasteiger partial charge in [0.05, 0.1) is 19.2 Å². The number of hydrogen-bond acceptors (Lipinski definition) is 5. The molecule has 2 N–H and O–H groups in total. The number of ether oxygens (including phenoxy) is 2. The van der Waals surface area contributed by atoms with Crippen LogP contribution < -0.4 is 15.0 Å². The van der Waals surface area contributed by atoms with Crippen molar-refractivity contribution in [2.45, 2.75) is 13.5 Å². The SMILES string of the molecule is COc1ccc(Oc2nc(C)ccc2C(=NCc2ccccc2)NO)cc1. The van der Waals surface area contributed by atoms with Crippen LogP contribution >= 0.6 is 0 Å². The molecule has 0 radical (unpaired) electrons. The predicted molar refractivity (Wildman–Crippen MR) is 104 cm³/mol. The van der Waals surface area contributed by atoms with E-state index in [0.717, 1.165) is 17.0 Å². The fraction of sp³-hybridized carbons (Fsp3) is 0.143. The Morgan fingerprint density at radius 2 is 1.70 bits per heavy atom. The van der Waals surface area contributed by atoms with Crippen molar-refractivity contribution in [3.05, 3.63) is 83.6 Å². The number of nitrogens with one attached hydrogen (secondary N) is 1. The summed E-state index contributed by atoms with van der Waals surface area (Å²) in [5.74, 6) is 1.99. The van der Waals surface area contributed by atoms with Crippen LogP contribution in [0.25, 0.3) is 0 Å². The number of aromatic nitrogens is 1. The minimum absolute atomic E-state index is 0.287. The maximum absolute atomic E-state index is 9.60. The highest BCUT2D eigenvalue weighted by molar-refractivity contribution is 6.00. The largest absolute Gasteiger partial charge is 0.497 e. The molecular weight excluding hydrogens is 342 g/mol. The Bertz CT molecular complexity index is 910. The summed E-state index contributed by atoms with van der Waals surface area (Å²) in [5.41, 5.74) is 4.55. The quantitative estimate of drug-likeness (QED) is 0.391. The summed E-state index contributed by atoms with van der Waals surface area (Å²) in [6.45, 7) is 2.29. The van der Waals surface area contributed by atoms with Crippen molar-refractivity contribution in [3.8, 4) is 17.4 Å². The van der Waals surface area contributed by atoms with E-state index >= 15 is 0 Å². The lowest BCUT2D eigenvalue weighted by Crippen LogP contribution is -2.21. The molecule has 6 heteroatoms. The lowest BCUT2D eigenvalue weighted by atomic mass is 10.2. The lowest BCUT2D eigenvalue weighted by Gasteiger charge is -2.12. The van der Waals surface area contributed by atoms with Crippen LogP contribution in [-0.4, -0.2) is 23.1 Å². The van der Waals surface area contributed by atoms with E-state index in [4.69, 9.17) is 9.47 Å². The van der Waals surface area contributed by atoms with E-state index in [9.17, 15) is 5.21 Å². The number of amidine groups is 1. The molecule has 0 saturated heterocycles. The van der Waals surface area contributed by atoms with Crippen molar-refractivity contribution in [1.82, 2.24) is 10.5 Å². The van der Waals surface area contributed by atoms with Gasteiger partial charge in [0.15, 0.2) is 5.84 Å². The molecule has 3 rings (SSSR count). The van der Waals surface area contributed by atoms with Gasteiger partial charge in [-0.15, -0.1) is 0 Å². The van der Waals surface area contributed by atoms with Crippen molar-refractivity contribution in [2.75, 3.05) is 7.11 Å². The Labute approximate surface area is 158 Å². The summed E-state index contributed by atoms with van der Waals surface area (Å²) >= 11 is 0. The highest BCUT2D eigenvalue weighted by Crippen LogP contribution is 2.26. The summed E-state index contributed by atoms with van der Waals surface area (Å²) in [7, 11) is 1.61. The summed E-state index contributed by atoms with van der Waals surface area (Å²) in [6, 6.07) is 20.6. The van der Waals surface area contributed by atoms with E-state index < -0.39 is 0 Å². The number of aryl methyl sites for hydroxylation is 1. The van der Waals surface area contributed by atoms with Crippen LogP contribution in [-0.2, 0) is 6.54 Å². The van der Waals surface area contributed by atoms with Gasteiger partial charge in [0.25, 0.3) is 0 Å². The molecule has 2 aromatic carbocycles. The highest BCUT2D eigenvalue weighted by atomic mass is 16.5. The highest BCUT2D eigenvalue weighted by Gasteiger charge is 2.13. The summed E-state index contributed by atoms with van der Waals surface area (Å²) in [5, 5.41) is 9.60. The molecule has 0 atom stereocenters. The molecule has 0 spiro atoms. The lowest BCUT2D eigenvalue weighted by molar-refractivity contribution is 0.234. The predicted octanol–water partition coefficient (Wildman–Crippen LogP) is 4.12. The van der Waals surface area contributed by atoms with Crippen LogP contribution in [0.1, 0.15) is 16.8 Å². The number of benzene rings is 2. The van der Waals surface area contributed by atoms with Crippen molar-refractivity contribution in [2.24, 2.45) is 4.99 Å². The first-order chi connectivity index (χ1) is 13.2. The second-order valence-electron chi connectivity index (χ2n) is 5.85. The number of hydroxylamine groups is 1. The van der Waals surface area contributed by atoms with E-state index in [2.05, 4.69) is 15.5 Å². The Morgan fingerprint density at radius 1 is 1.00 bits per heavy atom. The third kappa shape index (κ3) is 4.83. The maximum atomic E-state index is 9.60. The molecule has 0 aliphatic heterocycles. The van der Waals surface area contributed by atoms with Gasteiger partial charge in [0.1, 0.15) is 11.5 Å². The summed E-state index contributed by atoms with van der Waals surface area (Å²) in [6.07, 6.45) is 0. The van der Waals surface area contributed by atoms with E-state index in [1.165, 1.54) is 0 Å². The van der Waals surface area contributed by atoms with Crippen molar-refractivity contribution in [3.63, 3.8) is 0 Å². The van der Waals surface area contributed by atoms with Crippen LogP contribution in [0.15, 0.2) is 71.7 Å². The van der Waals surface area contributed by atoms with Crippen molar-refractivity contribution < 1.29 is 14.7 Å². The van der Waals surface area contributed by atoms with Gasteiger partial charge in [-0.05, 0) is 48.9 Å². The normalized spacial score (nSPS) is 11.1.